The van der Waals surface area contributed by atoms with Gasteiger partial charge in [0, 0.05) is 17.1 Å². The Balaban J connectivity index is 1.80. The SMILES string of the molecule is C=C(CC1c2c(O)cc3ccccc3c21)C(=O)OC(C)(C)C. The summed E-state index contributed by atoms with van der Waals surface area (Å²) >= 11 is 0. The van der Waals surface area contributed by atoms with Crippen molar-refractivity contribution in [1.82, 2.24) is 0 Å². The van der Waals surface area contributed by atoms with Crippen LogP contribution in [0.25, 0.3) is 10.8 Å². The first kappa shape index (κ1) is 14.6. The van der Waals surface area contributed by atoms with Crippen molar-refractivity contribution >= 4 is 16.7 Å². The van der Waals surface area contributed by atoms with Gasteiger partial charge in [0.05, 0.1) is 0 Å². The lowest BCUT2D eigenvalue weighted by atomic mass is 10.1. The first-order chi connectivity index (χ1) is 10.3. The molecule has 0 amide bonds. The number of carbonyl (C=O) groups is 1. The summed E-state index contributed by atoms with van der Waals surface area (Å²) in [5, 5.41) is 12.3. The van der Waals surface area contributed by atoms with Gasteiger partial charge in [-0.05, 0) is 49.6 Å². The molecule has 0 saturated carbocycles. The Bertz CT molecular complexity index is 781. The molecular formula is C19H20O3. The van der Waals surface area contributed by atoms with Gasteiger partial charge in [-0.2, -0.15) is 0 Å². The van der Waals surface area contributed by atoms with Crippen LogP contribution in [-0.4, -0.2) is 16.7 Å². The number of benzene rings is 2. The Hall–Kier alpha value is -2.29. The number of phenolic OH excluding ortho intramolecular Hbond substituents is 1. The van der Waals surface area contributed by atoms with E-state index in [0.29, 0.717) is 17.7 Å². The molecule has 114 valence electrons. The molecule has 0 bridgehead atoms. The van der Waals surface area contributed by atoms with E-state index in [9.17, 15) is 9.90 Å². The number of hydrogen-bond acceptors (Lipinski definition) is 3. The number of fused-ring (bicyclic) bond motifs is 3. The molecule has 0 aliphatic heterocycles. The van der Waals surface area contributed by atoms with E-state index in [2.05, 4.69) is 6.58 Å². The molecule has 3 nitrogen and oxygen atoms in total. The van der Waals surface area contributed by atoms with Crippen LogP contribution in [-0.2, 0) is 9.53 Å². The second-order valence-corrected chi connectivity index (χ2v) is 6.81. The highest BCUT2D eigenvalue weighted by Crippen LogP contribution is 2.55. The molecule has 0 spiro atoms. The molecule has 0 heterocycles. The van der Waals surface area contributed by atoms with Crippen molar-refractivity contribution in [3.8, 4) is 5.75 Å². The number of aromatic hydroxyl groups is 1. The number of ether oxygens (including phenoxy) is 1. The molecule has 3 rings (SSSR count). The van der Waals surface area contributed by atoms with E-state index >= 15 is 0 Å². The molecule has 3 heteroatoms. The summed E-state index contributed by atoms with van der Waals surface area (Å²) in [6.45, 7) is 9.37. The molecule has 0 radical (unpaired) electrons. The third-order valence-corrected chi connectivity index (χ3v) is 3.86. The van der Waals surface area contributed by atoms with Gasteiger partial charge in [0.2, 0.25) is 0 Å². The Kier molecular flexibility index (Phi) is 3.24. The molecule has 1 unspecified atom stereocenters. The van der Waals surface area contributed by atoms with Crippen LogP contribution in [0.4, 0.5) is 0 Å². The minimum absolute atomic E-state index is 0.0694. The van der Waals surface area contributed by atoms with E-state index in [4.69, 9.17) is 4.74 Å². The number of esters is 1. The maximum atomic E-state index is 12.0. The first-order valence-electron chi connectivity index (χ1n) is 7.43. The predicted octanol–water partition coefficient (Wildman–Crippen LogP) is 4.28. The highest BCUT2D eigenvalue weighted by molar-refractivity contribution is 5.96. The van der Waals surface area contributed by atoms with Crippen molar-refractivity contribution in [2.45, 2.75) is 38.7 Å². The van der Waals surface area contributed by atoms with Gasteiger partial charge in [0.15, 0.2) is 0 Å². The molecule has 1 aliphatic carbocycles. The highest BCUT2D eigenvalue weighted by atomic mass is 16.6. The van der Waals surface area contributed by atoms with Crippen LogP contribution in [0.15, 0.2) is 42.5 Å². The summed E-state index contributed by atoms with van der Waals surface area (Å²) in [5.41, 5.74) is 1.98. The third kappa shape index (κ3) is 2.59. The summed E-state index contributed by atoms with van der Waals surface area (Å²) in [4.78, 5) is 12.0. The van der Waals surface area contributed by atoms with E-state index in [0.717, 1.165) is 21.9 Å². The highest BCUT2D eigenvalue weighted by Gasteiger charge is 2.39. The van der Waals surface area contributed by atoms with Crippen molar-refractivity contribution in [2.24, 2.45) is 0 Å². The van der Waals surface area contributed by atoms with Crippen LogP contribution in [0.2, 0.25) is 0 Å². The van der Waals surface area contributed by atoms with Crippen molar-refractivity contribution in [2.75, 3.05) is 0 Å². The maximum Gasteiger partial charge on any atom is 0.333 e. The summed E-state index contributed by atoms with van der Waals surface area (Å²) in [7, 11) is 0. The van der Waals surface area contributed by atoms with Gasteiger partial charge >= 0.3 is 5.97 Å². The molecule has 2 aromatic carbocycles. The smallest absolute Gasteiger partial charge is 0.333 e. The molecule has 22 heavy (non-hydrogen) atoms. The minimum atomic E-state index is -0.523. The topological polar surface area (TPSA) is 46.5 Å². The maximum absolute atomic E-state index is 12.0. The standard InChI is InChI=1S/C19H20O3/c1-11(18(21)22-19(2,3)4)9-14-16-13-8-6-5-7-12(13)10-15(20)17(14)16/h5-8,10,14,20H,1,9H2,2-4H3. The zero-order valence-electron chi connectivity index (χ0n) is 13.1. The van der Waals surface area contributed by atoms with E-state index in [1.165, 1.54) is 0 Å². The van der Waals surface area contributed by atoms with Gasteiger partial charge < -0.3 is 9.84 Å². The summed E-state index contributed by atoms with van der Waals surface area (Å²) in [5.74, 6) is 0.00436. The minimum Gasteiger partial charge on any atom is -0.508 e. The lowest BCUT2D eigenvalue weighted by molar-refractivity contribution is -0.150. The van der Waals surface area contributed by atoms with Gasteiger partial charge in [-0.25, -0.2) is 4.79 Å². The van der Waals surface area contributed by atoms with Crippen LogP contribution in [0.1, 0.15) is 44.2 Å². The number of rotatable bonds is 3. The van der Waals surface area contributed by atoms with E-state index in [1.807, 2.05) is 45.0 Å². The molecule has 0 aromatic heterocycles. The Labute approximate surface area is 130 Å². The fourth-order valence-corrected chi connectivity index (χ4v) is 2.90. The van der Waals surface area contributed by atoms with Gasteiger partial charge in [-0.3, -0.25) is 0 Å². The number of hydrogen-bond donors (Lipinski definition) is 1. The van der Waals surface area contributed by atoms with E-state index in [1.54, 1.807) is 6.07 Å². The molecule has 2 aromatic rings. The number of phenols is 1. The fourth-order valence-electron chi connectivity index (χ4n) is 2.90. The summed E-state index contributed by atoms with van der Waals surface area (Å²) < 4.78 is 5.34. The van der Waals surface area contributed by atoms with Crippen LogP contribution < -0.4 is 0 Å². The quantitative estimate of drug-likeness (QED) is 0.679. The summed E-state index contributed by atoms with van der Waals surface area (Å²) in [6.07, 6.45) is 0.492. The van der Waals surface area contributed by atoms with Gasteiger partial charge in [0.1, 0.15) is 11.4 Å². The van der Waals surface area contributed by atoms with Gasteiger partial charge in [-0.1, -0.05) is 30.8 Å². The zero-order chi connectivity index (χ0) is 16.1. The van der Waals surface area contributed by atoms with Crippen LogP contribution in [0, 0.1) is 0 Å². The second-order valence-electron chi connectivity index (χ2n) is 6.81. The third-order valence-electron chi connectivity index (χ3n) is 3.86. The number of carbonyl (C=O) groups excluding carboxylic acids is 1. The zero-order valence-corrected chi connectivity index (χ0v) is 13.1. The average molecular weight is 296 g/mol. The molecular weight excluding hydrogens is 276 g/mol. The van der Waals surface area contributed by atoms with E-state index < -0.39 is 5.60 Å². The van der Waals surface area contributed by atoms with Crippen LogP contribution in [0.5, 0.6) is 5.75 Å². The molecule has 0 fully saturated rings. The molecule has 1 atom stereocenters. The van der Waals surface area contributed by atoms with E-state index in [-0.39, 0.29) is 11.9 Å². The van der Waals surface area contributed by atoms with Crippen LogP contribution in [0.3, 0.4) is 0 Å². The molecule has 1 N–H and O–H groups in total. The van der Waals surface area contributed by atoms with Gasteiger partial charge in [0.25, 0.3) is 0 Å². The Morgan fingerprint density at radius 3 is 2.64 bits per heavy atom. The van der Waals surface area contributed by atoms with Crippen molar-refractivity contribution < 1.29 is 14.6 Å². The Morgan fingerprint density at radius 1 is 1.27 bits per heavy atom. The average Bonchev–Trinajstić information content (AvgIpc) is 3.12. The van der Waals surface area contributed by atoms with Gasteiger partial charge in [-0.15, -0.1) is 0 Å². The monoisotopic (exact) mass is 296 g/mol. The van der Waals surface area contributed by atoms with Crippen LogP contribution >= 0.6 is 0 Å². The summed E-state index contributed by atoms with van der Waals surface area (Å²) in [6, 6.07) is 9.74. The normalized spacial score (nSPS) is 16.2. The fraction of sp³-hybridized carbons (Fsp3) is 0.316. The Morgan fingerprint density at radius 2 is 1.95 bits per heavy atom. The van der Waals surface area contributed by atoms with Crippen molar-refractivity contribution in [1.29, 1.82) is 0 Å². The second kappa shape index (κ2) is 4.87. The first-order valence-corrected chi connectivity index (χ1v) is 7.43. The lowest BCUT2D eigenvalue weighted by Crippen LogP contribution is -2.24. The molecule has 0 saturated heterocycles. The van der Waals surface area contributed by atoms with Crippen molar-refractivity contribution in [3.63, 3.8) is 0 Å². The lowest BCUT2D eigenvalue weighted by Gasteiger charge is -2.20. The molecule has 1 aliphatic rings. The van der Waals surface area contributed by atoms with Crippen molar-refractivity contribution in [3.05, 3.63) is 53.6 Å². The predicted molar refractivity (Wildman–Crippen MR) is 87.1 cm³/mol. The largest absolute Gasteiger partial charge is 0.508 e.